The molecule has 0 unspecified atom stereocenters. The Hall–Kier alpha value is -10.9. The quantitative estimate of drug-likeness (QED) is 0.0893. The van der Waals surface area contributed by atoms with Crippen molar-refractivity contribution in [2.75, 3.05) is 33.7 Å². The van der Waals surface area contributed by atoms with E-state index in [0.29, 0.717) is 0 Å². The second-order valence-electron chi connectivity index (χ2n) is 23.3. The van der Waals surface area contributed by atoms with Crippen LogP contribution in [0.25, 0.3) is 68.1 Å². The van der Waals surface area contributed by atoms with Crippen molar-refractivity contribution in [2.24, 2.45) is 0 Å². The Kier molecular flexibility index (Phi) is 14.4. The summed E-state index contributed by atoms with van der Waals surface area (Å²) in [6, 6.07) is 107. The Bertz CT molecular complexity index is 4370. The second kappa shape index (κ2) is 23.5. The highest BCUT2D eigenvalue weighted by Gasteiger charge is 2.24. The van der Waals surface area contributed by atoms with E-state index in [9.17, 15) is 0 Å². The van der Waals surface area contributed by atoms with Gasteiger partial charge in [0.2, 0.25) is 0 Å². The Balaban J connectivity index is 0.782. The summed E-state index contributed by atoms with van der Waals surface area (Å²) in [4.78, 5) is 9.52. The smallest absolute Gasteiger partial charge is 0.0482 e. The summed E-state index contributed by atoms with van der Waals surface area (Å²) in [6.45, 7) is 0. The molecule has 4 heteroatoms. The Morgan fingerprint density at radius 1 is 0.250 bits per heavy atom. The molecule has 422 valence electrons. The van der Waals surface area contributed by atoms with Gasteiger partial charge in [-0.3, -0.25) is 0 Å². The lowest BCUT2D eigenvalue weighted by molar-refractivity contribution is 0.977. The summed E-state index contributed by atoms with van der Waals surface area (Å²) >= 11 is 0. The largest absolute Gasteiger partial charge is 0.344 e. The average Bonchev–Trinajstić information content (AvgIpc) is 0.972. The molecule has 0 aromatic heterocycles. The van der Waals surface area contributed by atoms with Crippen LogP contribution in [0.15, 0.2) is 291 Å². The predicted octanol–water partition coefficient (Wildman–Crippen LogP) is 22.3. The van der Waals surface area contributed by atoms with Crippen molar-refractivity contribution in [3.05, 3.63) is 336 Å². The van der Waals surface area contributed by atoms with E-state index in [0.717, 1.165) is 82.1 Å². The van der Waals surface area contributed by atoms with Crippen LogP contribution in [-0.2, 0) is 25.7 Å². The maximum absolute atomic E-state index is 2.41. The number of rotatable bonds is 12. The summed E-state index contributed by atoms with van der Waals surface area (Å²) in [5.41, 5.74) is 26.7. The van der Waals surface area contributed by atoms with Gasteiger partial charge >= 0.3 is 0 Å². The molecule has 13 aromatic carbocycles. The Morgan fingerprint density at radius 2 is 0.523 bits per heavy atom. The van der Waals surface area contributed by atoms with Gasteiger partial charge in [0.1, 0.15) is 0 Å². The monoisotopic (exact) mass is 1130 g/mol. The van der Waals surface area contributed by atoms with Crippen molar-refractivity contribution in [3.8, 4) is 22.3 Å². The minimum absolute atomic E-state index is 0.978. The van der Waals surface area contributed by atoms with Crippen molar-refractivity contribution in [1.82, 2.24) is 0 Å². The summed E-state index contributed by atoms with van der Waals surface area (Å²) < 4.78 is 0. The maximum atomic E-state index is 2.41. The molecule has 0 N–H and O–H groups in total. The summed E-state index contributed by atoms with van der Waals surface area (Å²) in [7, 11) is 4.46. The van der Waals surface area contributed by atoms with Crippen LogP contribution in [0.4, 0.5) is 56.9 Å². The van der Waals surface area contributed by atoms with Gasteiger partial charge in [0.05, 0.1) is 0 Å². The van der Waals surface area contributed by atoms with Crippen LogP contribution in [0.5, 0.6) is 0 Å². The normalized spacial score (nSPS) is 12.8. The van der Waals surface area contributed by atoms with Crippen molar-refractivity contribution in [3.63, 3.8) is 0 Å². The van der Waals surface area contributed by atoms with Crippen LogP contribution < -0.4 is 19.6 Å². The lowest BCUT2D eigenvalue weighted by Crippen LogP contribution is -2.14. The van der Waals surface area contributed by atoms with Crippen molar-refractivity contribution in [1.29, 1.82) is 0 Å². The van der Waals surface area contributed by atoms with Crippen molar-refractivity contribution >= 4 is 103 Å². The van der Waals surface area contributed by atoms with Gasteiger partial charge in [-0.2, -0.15) is 0 Å². The number of hydrogen-bond acceptors (Lipinski definition) is 4. The van der Waals surface area contributed by atoms with E-state index in [1.54, 1.807) is 0 Å². The topological polar surface area (TPSA) is 13.0 Å². The van der Waals surface area contributed by atoms with Gasteiger partial charge in [0, 0.05) is 71.0 Å². The number of para-hydroxylation sites is 4. The highest BCUT2D eigenvalue weighted by Crippen LogP contribution is 2.47. The van der Waals surface area contributed by atoms with Gasteiger partial charge in [-0.05, 0) is 211 Å². The maximum Gasteiger partial charge on any atom is 0.0482 e. The van der Waals surface area contributed by atoms with E-state index < -0.39 is 0 Å². The molecule has 88 heavy (non-hydrogen) atoms. The van der Waals surface area contributed by atoms with E-state index in [-0.39, 0.29) is 0 Å². The molecule has 4 nitrogen and oxygen atoms in total. The number of fused-ring (bicyclic) bond motifs is 7. The van der Waals surface area contributed by atoms with E-state index in [4.69, 9.17) is 0 Å². The first-order chi connectivity index (χ1) is 43.5. The molecular weight excluding hydrogens is 1060 g/mol. The van der Waals surface area contributed by atoms with E-state index in [1.807, 2.05) is 0 Å². The van der Waals surface area contributed by atoms with Crippen molar-refractivity contribution < 1.29 is 0 Å². The molecule has 0 fully saturated rings. The van der Waals surface area contributed by atoms with Gasteiger partial charge in [-0.1, -0.05) is 218 Å². The highest BCUT2D eigenvalue weighted by molar-refractivity contribution is 6.22. The van der Waals surface area contributed by atoms with E-state index in [2.05, 4.69) is 349 Å². The zero-order valence-corrected chi connectivity index (χ0v) is 49.6. The molecule has 0 bridgehead atoms. The fourth-order valence-corrected chi connectivity index (χ4v) is 13.5. The third-order valence-corrected chi connectivity index (χ3v) is 17.9. The molecular formula is C84H66N4. The number of aryl methyl sites for hydroxylation is 4. The molecule has 15 rings (SSSR count). The van der Waals surface area contributed by atoms with Crippen molar-refractivity contribution in [2.45, 2.75) is 25.7 Å². The van der Waals surface area contributed by atoms with Crippen LogP contribution in [0, 0.1) is 0 Å². The minimum Gasteiger partial charge on any atom is -0.344 e. The Morgan fingerprint density at radius 3 is 0.852 bits per heavy atom. The molecule has 0 spiro atoms. The fourth-order valence-electron chi connectivity index (χ4n) is 13.5. The van der Waals surface area contributed by atoms with Crippen LogP contribution >= 0.6 is 0 Å². The van der Waals surface area contributed by atoms with E-state index >= 15 is 0 Å². The third kappa shape index (κ3) is 10.4. The van der Waals surface area contributed by atoms with Gasteiger partial charge in [0.15, 0.2) is 0 Å². The first-order valence-electron chi connectivity index (χ1n) is 30.8. The van der Waals surface area contributed by atoms with Crippen LogP contribution in [0.2, 0.25) is 0 Å². The fraction of sp³-hybridized carbons (Fsp3) is 0.0714. The van der Waals surface area contributed by atoms with Crippen LogP contribution in [0.3, 0.4) is 0 Å². The highest BCUT2D eigenvalue weighted by atomic mass is 15.2. The van der Waals surface area contributed by atoms with Gasteiger partial charge in [0.25, 0.3) is 0 Å². The van der Waals surface area contributed by atoms with Gasteiger partial charge in [-0.25, -0.2) is 0 Å². The molecule has 2 heterocycles. The molecule has 0 radical (unpaired) electrons. The molecule has 13 aromatic rings. The Labute approximate surface area is 517 Å². The zero-order valence-electron chi connectivity index (χ0n) is 49.6. The average molecular weight is 1130 g/mol. The molecule has 0 amide bonds. The standard InChI is InChI=1S/C84H66N4/c1-85-79-55-61(37-41-63(79)43-45-65-47-49-73(57-81(65)85)87(69-25-13-5-14-26-69)70-27-15-6-16-28-70)35-33-59-39-51-75-77(53-59)78-54-60(40-52-76(78)84(68-23-11-4-12-24-68)83(75)67-21-9-3-10-22-67)34-36-62-38-42-64-44-46-66-48-50-74(58-82(66)86(2)80(64)56-62)88(71-29-17-7-18-30-71)72-31-19-8-20-32-72/h3-42,47-58H,43-46H2,1-2H3/b35-33+,36-34+. The predicted molar refractivity (Wildman–Crippen MR) is 376 cm³/mol. The SMILES string of the molecule is CN1c2cc(/C=C/c3ccc4c(-c5ccccc5)c(-c5ccccc5)c5ccc(/C=C/c6ccc7c(c6)N(C)c6cc(N(c8ccccc8)c8ccccc8)ccc6CC7)cc5c4c3)ccc2CCc2ccc(N(c3ccccc3)c3ccccc3)cc21. The molecule has 2 aliphatic heterocycles. The van der Waals surface area contributed by atoms with Gasteiger partial charge in [-0.15, -0.1) is 0 Å². The first kappa shape index (κ1) is 53.8. The molecule has 0 atom stereocenters. The number of nitrogens with zero attached hydrogens (tertiary/aromatic N) is 4. The van der Waals surface area contributed by atoms with Crippen LogP contribution in [-0.4, -0.2) is 14.1 Å². The molecule has 0 saturated heterocycles. The van der Waals surface area contributed by atoms with Gasteiger partial charge < -0.3 is 19.6 Å². The molecule has 2 aliphatic rings. The lowest BCUT2D eigenvalue weighted by atomic mass is 9.84. The minimum atomic E-state index is 0.978. The summed E-state index contributed by atoms with van der Waals surface area (Å²) in [6.07, 6.45) is 13.1. The molecule has 0 aliphatic carbocycles. The molecule has 0 saturated carbocycles. The lowest BCUT2D eigenvalue weighted by Gasteiger charge is -2.28. The number of anilines is 10. The van der Waals surface area contributed by atoms with Crippen LogP contribution in [0.1, 0.15) is 44.5 Å². The third-order valence-electron chi connectivity index (χ3n) is 17.9. The number of hydrogen-bond donors (Lipinski definition) is 0. The number of benzene rings is 13. The zero-order chi connectivity index (χ0) is 58.9. The van der Waals surface area contributed by atoms with E-state index in [1.165, 1.54) is 88.8 Å². The first-order valence-corrected chi connectivity index (χ1v) is 30.8. The summed E-state index contributed by atoms with van der Waals surface area (Å²) in [5, 5.41) is 4.91. The second-order valence-corrected chi connectivity index (χ2v) is 23.3. The summed E-state index contributed by atoms with van der Waals surface area (Å²) in [5.74, 6) is 0.